The standard InChI is InChI=1S/C14H24N6O/c1-15-12-16-13(19-7-3-4-8-19)18-14(17-12)20(9-10-21-2)11-5-6-11/h11H,3-10H2,1-2H3,(H,15,16,17,18). The predicted octanol–water partition coefficient (Wildman–Crippen LogP) is 1.13. The molecule has 1 N–H and O–H groups in total. The lowest BCUT2D eigenvalue weighted by Gasteiger charge is -2.24. The molecule has 0 radical (unpaired) electrons. The lowest BCUT2D eigenvalue weighted by molar-refractivity contribution is 0.204. The van der Waals surface area contributed by atoms with Gasteiger partial charge < -0.3 is 19.9 Å². The number of rotatable bonds is 7. The smallest absolute Gasteiger partial charge is 0.232 e. The summed E-state index contributed by atoms with van der Waals surface area (Å²) in [6.45, 7) is 3.59. The van der Waals surface area contributed by atoms with Crippen molar-refractivity contribution in [3.63, 3.8) is 0 Å². The minimum atomic E-state index is 0.554. The number of methoxy groups -OCH3 is 1. The fraction of sp³-hybridized carbons (Fsp3) is 0.786. The highest BCUT2D eigenvalue weighted by Gasteiger charge is 2.31. The van der Waals surface area contributed by atoms with E-state index in [4.69, 9.17) is 9.72 Å². The lowest BCUT2D eigenvalue weighted by atomic mass is 10.4. The second-order valence-electron chi connectivity index (χ2n) is 5.62. The van der Waals surface area contributed by atoms with E-state index in [-0.39, 0.29) is 0 Å². The fourth-order valence-corrected chi connectivity index (χ4v) is 2.67. The van der Waals surface area contributed by atoms with Gasteiger partial charge in [-0.15, -0.1) is 0 Å². The van der Waals surface area contributed by atoms with Crippen LogP contribution in [0.3, 0.4) is 0 Å². The van der Waals surface area contributed by atoms with Crippen molar-refractivity contribution >= 4 is 17.8 Å². The van der Waals surface area contributed by atoms with E-state index in [2.05, 4.69) is 25.1 Å². The summed E-state index contributed by atoms with van der Waals surface area (Å²) in [4.78, 5) is 18.3. The maximum Gasteiger partial charge on any atom is 0.232 e. The van der Waals surface area contributed by atoms with Crippen molar-refractivity contribution in [3.05, 3.63) is 0 Å². The van der Waals surface area contributed by atoms with Crippen LogP contribution in [0.25, 0.3) is 0 Å². The van der Waals surface area contributed by atoms with E-state index in [1.54, 1.807) is 7.11 Å². The molecular weight excluding hydrogens is 268 g/mol. The number of aromatic nitrogens is 3. The quantitative estimate of drug-likeness (QED) is 0.808. The van der Waals surface area contributed by atoms with Gasteiger partial charge in [0.25, 0.3) is 0 Å². The van der Waals surface area contributed by atoms with Gasteiger partial charge in [-0.25, -0.2) is 0 Å². The molecule has 1 saturated carbocycles. The molecule has 0 spiro atoms. The molecule has 0 amide bonds. The maximum atomic E-state index is 5.22. The largest absolute Gasteiger partial charge is 0.383 e. The van der Waals surface area contributed by atoms with E-state index in [1.165, 1.54) is 25.7 Å². The molecule has 21 heavy (non-hydrogen) atoms. The van der Waals surface area contributed by atoms with Crippen LogP contribution in [0.5, 0.6) is 0 Å². The van der Waals surface area contributed by atoms with E-state index >= 15 is 0 Å². The molecule has 3 rings (SSSR count). The predicted molar refractivity (Wildman–Crippen MR) is 83.1 cm³/mol. The number of hydrogen-bond acceptors (Lipinski definition) is 7. The Morgan fingerprint density at radius 2 is 2.00 bits per heavy atom. The molecule has 1 aliphatic carbocycles. The molecule has 0 bridgehead atoms. The molecule has 116 valence electrons. The van der Waals surface area contributed by atoms with Gasteiger partial charge in [-0.05, 0) is 25.7 Å². The first-order valence-electron chi connectivity index (χ1n) is 7.76. The van der Waals surface area contributed by atoms with Gasteiger partial charge in [0.1, 0.15) is 0 Å². The molecule has 7 heteroatoms. The van der Waals surface area contributed by atoms with Crippen LogP contribution in [0.1, 0.15) is 25.7 Å². The molecule has 1 aromatic heterocycles. The lowest BCUT2D eigenvalue weighted by Crippen LogP contribution is -2.32. The highest BCUT2D eigenvalue weighted by molar-refractivity contribution is 5.46. The van der Waals surface area contributed by atoms with E-state index in [9.17, 15) is 0 Å². The molecule has 1 aliphatic heterocycles. The molecule has 2 aliphatic rings. The van der Waals surface area contributed by atoms with Crippen LogP contribution in [0.15, 0.2) is 0 Å². The van der Waals surface area contributed by atoms with Crippen LogP contribution < -0.4 is 15.1 Å². The van der Waals surface area contributed by atoms with E-state index in [1.807, 2.05) is 7.05 Å². The Kier molecular flexibility index (Phi) is 4.38. The molecule has 7 nitrogen and oxygen atoms in total. The SMILES string of the molecule is CNc1nc(N2CCCC2)nc(N(CCOC)C2CC2)n1. The van der Waals surface area contributed by atoms with Gasteiger partial charge in [-0.2, -0.15) is 15.0 Å². The normalized spacial score (nSPS) is 18.1. The van der Waals surface area contributed by atoms with Gasteiger partial charge in [-0.3, -0.25) is 0 Å². The minimum Gasteiger partial charge on any atom is -0.383 e. The summed E-state index contributed by atoms with van der Waals surface area (Å²) < 4.78 is 5.22. The third-order valence-electron chi connectivity index (χ3n) is 4.01. The average Bonchev–Trinajstić information content (AvgIpc) is 3.20. The topological polar surface area (TPSA) is 66.4 Å². The van der Waals surface area contributed by atoms with Crippen LogP contribution in [-0.4, -0.2) is 61.4 Å². The summed E-state index contributed by atoms with van der Waals surface area (Å²) in [7, 11) is 3.58. The Bertz CT molecular complexity index is 473. The van der Waals surface area contributed by atoms with Crippen molar-refractivity contribution in [2.75, 3.05) is 55.5 Å². The van der Waals surface area contributed by atoms with Crippen LogP contribution in [0.2, 0.25) is 0 Å². The monoisotopic (exact) mass is 292 g/mol. The number of ether oxygens (including phenoxy) is 1. The molecular formula is C14H24N6O. The summed E-state index contributed by atoms with van der Waals surface area (Å²) in [5.41, 5.74) is 0. The molecule has 0 aromatic carbocycles. The number of anilines is 3. The van der Waals surface area contributed by atoms with Crippen LogP contribution in [-0.2, 0) is 4.74 Å². The van der Waals surface area contributed by atoms with Gasteiger partial charge in [-0.1, -0.05) is 0 Å². The van der Waals surface area contributed by atoms with Gasteiger partial charge in [0.05, 0.1) is 6.61 Å². The first-order valence-corrected chi connectivity index (χ1v) is 7.76. The zero-order chi connectivity index (χ0) is 14.7. The second kappa shape index (κ2) is 6.43. The molecule has 2 fully saturated rings. The van der Waals surface area contributed by atoms with E-state index in [0.717, 1.165) is 31.5 Å². The highest BCUT2D eigenvalue weighted by atomic mass is 16.5. The first-order chi connectivity index (χ1) is 10.3. The van der Waals surface area contributed by atoms with Gasteiger partial charge in [0.15, 0.2) is 0 Å². The molecule has 1 aromatic rings. The summed E-state index contributed by atoms with van der Waals surface area (Å²) >= 11 is 0. The summed E-state index contributed by atoms with van der Waals surface area (Å²) in [6, 6.07) is 0.554. The summed E-state index contributed by atoms with van der Waals surface area (Å²) in [5.74, 6) is 2.21. The van der Waals surface area contributed by atoms with Crippen molar-refractivity contribution < 1.29 is 4.74 Å². The zero-order valence-corrected chi connectivity index (χ0v) is 12.9. The molecule has 1 saturated heterocycles. The third-order valence-corrected chi connectivity index (χ3v) is 4.01. The number of hydrogen-bond donors (Lipinski definition) is 1. The fourth-order valence-electron chi connectivity index (χ4n) is 2.67. The van der Waals surface area contributed by atoms with E-state index in [0.29, 0.717) is 18.6 Å². The van der Waals surface area contributed by atoms with Gasteiger partial charge >= 0.3 is 0 Å². The number of nitrogens with zero attached hydrogens (tertiary/aromatic N) is 5. The van der Waals surface area contributed by atoms with Gasteiger partial charge in [0.2, 0.25) is 17.8 Å². The Labute approximate surface area is 125 Å². The van der Waals surface area contributed by atoms with E-state index < -0.39 is 0 Å². The number of nitrogens with one attached hydrogen (secondary N) is 1. The highest BCUT2D eigenvalue weighted by Crippen LogP contribution is 2.31. The Balaban J connectivity index is 1.86. The van der Waals surface area contributed by atoms with Crippen molar-refractivity contribution in [2.45, 2.75) is 31.7 Å². The minimum absolute atomic E-state index is 0.554. The summed E-state index contributed by atoms with van der Waals surface area (Å²) in [6.07, 6.45) is 4.85. The van der Waals surface area contributed by atoms with Crippen LogP contribution >= 0.6 is 0 Å². The Morgan fingerprint density at radius 3 is 2.62 bits per heavy atom. The van der Waals surface area contributed by atoms with Crippen molar-refractivity contribution in [1.29, 1.82) is 0 Å². The van der Waals surface area contributed by atoms with Crippen LogP contribution in [0.4, 0.5) is 17.8 Å². The summed E-state index contributed by atoms with van der Waals surface area (Å²) in [5, 5.41) is 3.05. The average molecular weight is 292 g/mol. The van der Waals surface area contributed by atoms with Gasteiger partial charge in [0, 0.05) is 39.8 Å². The molecule has 0 atom stereocenters. The molecule has 2 heterocycles. The zero-order valence-electron chi connectivity index (χ0n) is 12.9. The Morgan fingerprint density at radius 1 is 1.24 bits per heavy atom. The molecule has 0 unspecified atom stereocenters. The maximum absolute atomic E-state index is 5.22. The Hall–Kier alpha value is -1.63. The second-order valence-corrected chi connectivity index (χ2v) is 5.62. The van der Waals surface area contributed by atoms with Crippen molar-refractivity contribution in [2.24, 2.45) is 0 Å². The first kappa shape index (κ1) is 14.3. The van der Waals surface area contributed by atoms with Crippen LogP contribution in [0, 0.1) is 0 Å². The van der Waals surface area contributed by atoms with Crippen molar-refractivity contribution in [3.8, 4) is 0 Å². The third kappa shape index (κ3) is 3.34. The van der Waals surface area contributed by atoms with Crippen molar-refractivity contribution in [1.82, 2.24) is 15.0 Å².